The van der Waals surface area contributed by atoms with Crippen LogP contribution in [0.15, 0.2) is 84.9 Å². The molecule has 12 heteroatoms. The normalized spacial score (nSPS) is 13.7. The predicted molar refractivity (Wildman–Crippen MR) is 148 cm³/mol. The molecule has 4 aromatic carbocycles. The molecule has 4 N–H and O–H groups in total. The molecule has 0 spiro atoms. The number of amides is 6. The van der Waals surface area contributed by atoms with E-state index in [9.17, 15) is 39.0 Å². The lowest BCUT2D eigenvalue weighted by atomic mass is 9.93. The lowest BCUT2D eigenvalue weighted by Crippen LogP contribution is -2.46. The van der Waals surface area contributed by atoms with Crippen LogP contribution in [-0.2, 0) is 6.42 Å². The molecule has 0 unspecified atom stereocenters. The highest BCUT2D eigenvalue weighted by molar-refractivity contribution is 6.24. The lowest BCUT2D eigenvalue weighted by molar-refractivity contribution is 0.0512. The van der Waals surface area contributed by atoms with E-state index in [0.29, 0.717) is 21.1 Å². The van der Waals surface area contributed by atoms with Crippen LogP contribution in [0.2, 0.25) is 0 Å². The Morgan fingerprint density at radius 3 is 1.33 bits per heavy atom. The molecular weight excluding hydrogens is 556 g/mol. The number of carbonyl (C=O) groups excluding carboxylic acids is 6. The number of phenols is 2. The van der Waals surface area contributed by atoms with Gasteiger partial charge in [-0.2, -0.15) is 10.0 Å². The maximum atomic E-state index is 13.4. The van der Waals surface area contributed by atoms with Crippen LogP contribution in [0.3, 0.4) is 0 Å². The molecule has 2 aliphatic heterocycles. The summed E-state index contributed by atoms with van der Waals surface area (Å²) in [6.45, 7) is 0. The summed E-state index contributed by atoms with van der Waals surface area (Å²) in [4.78, 5) is 78.4. The summed E-state index contributed by atoms with van der Waals surface area (Å²) in [6, 6.07) is 20.4. The maximum Gasteiger partial charge on any atom is 0.280 e. The molecule has 0 atom stereocenters. The Morgan fingerprint density at radius 2 is 0.930 bits per heavy atom. The molecule has 0 bridgehead atoms. The van der Waals surface area contributed by atoms with Crippen molar-refractivity contribution < 1.29 is 39.0 Å². The average Bonchev–Trinajstić information content (AvgIpc) is 3.39. The minimum absolute atomic E-state index is 0.00386. The number of hydrogen-bond donors (Lipinski definition) is 4. The van der Waals surface area contributed by atoms with Gasteiger partial charge in [-0.05, 0) is 53.9 Å². The van der Waals surface area contributed by atoms with E-state index in [0.717, 1.165) is 0 Å². The van der Waals surface area contributed by atoms with Crippen LogP contribution in [0, 0.1) is 0 Å². The molecule has 0 aromatic heterocycles. The van der Waals surface area contributed by atoms with E-state index in [4.69, 9.17) is 0 Å². The zero-order valence-corrected chi connectivity index (χ0v) is 22.0. The number of imide groups is 2. The van der Waals surface area contributed by atoms with Gasteiger partial charge < -0.3 is 10.2 Å². The molecule has 43 heavy (non-hydrogen) atoms. The van der Waals surface area contributed by atoms with E-state index < -0.39 is 35.4 Å². The monoisotopic (exact) mass is 576 g/mol. The maximum absolute atomic E-state index is 13.4. The van der Waals surface area contributed by atoms with Gasteiger partial charge in [-0.1, -0.05) is 48.5 Å². The molecule has 0 radical (unpaired) electrons. The molecule has 2 aliphatic rings. The zero-order valence-electron chi connectivity index (χ0n) is 22.0. The second kappa shape index (κ2) is 10.3. The molecule has 6 amide bonds. The third-order valence-corrected chi connectivity index (χ3v) is 7.11. The van der Waals surface area contributed by atoms with Crippen LogP contribution in [-0.4, -0.2) is 55.7 Å². The Kier molecular flexibility index (Phi) is 6.42. The fourth-order valence-corrected chi connectivity index (χ4v) is 5.07. The van der Waals surface area contributed by atoms with Crippen LogP contribution >= 0.6 is 0 Å². The number of rotatable bonds is 6. The van der Waals surface area contributed by atoms with Gasteiger partial charge in [-0.25, -0.2) is 0 Å². The Balaban J connectivity index is 1.27. The molecule has 0 aliphatic carbocycles. The number of hydrazine groups is 2. The number of phenolic OH excluding ortho intramolecular Hbond substituents is 2. The smallest absolute Gasteiger partial charge is 0.280 e. The van der Waals surface area contributed by atoms with Gasteiger partial charge in [0, 0.05) is 0 Å². The number of fused-ring (bicyclic) bond motifs is 2. The Morgan fingerprint density at radius 1 is 0.535 bits per heavy atom. The number of benzene rings is 4. The summed E-state index contributed by atoms with van der Waals surface area (Å²) < 4.78 is 0. The first kappa shape index (κ1) is 26.9. The van der Waals surface area contributed by atoms with Gasteiger partial charge >= 0.3 is 0 Å². The quantitative estimate of drug-likeness (QED) is 0.254. The average molecular weight is 577 g/mol. The molecular formula is C31H20N4O8. The van der Waals surface area contributed by atoms with Crippen molar-refractivity contribution in [1.82, 2.24) is 20.9 Å². The summed E-state index contributed by atoms with van der Waals surface area (Å²) in [7, 11) is 0. The number of aromatic hydroxyl groups is 2. The van der Waals surface area contributed by atoms with Crippen LogP contribution in [0.1, 0.15) is 73.3 Å². The first-order valence-electron chi connectivity index (χ1n) is 12.9. The Bertz CT molecular complexity index is 1780. The van der Waals surface area contributed by atoms with E-state index in [1.54, 1.807) is 24.3 Å². The van der Waals surface area contributed by atoms with Crippen molar-refractivity contribution in [2.75, 3.05) is 0 Å². The van der Waals surface area contributed by atoms with Gasteiger partial charge in [0.25, 0.3) is 35.4 Å². The van der Waals surface area contributed by atoms with Gasteiger partial charge in [-0.3, -0.25) is 39.6 Å². The minimum atomic E-state index is -0.870. The molecule has 0 fully saturated rings. The number of para-hydroxylation sites is 2. The summed E-state index contributed by atoms with van der Waals surface area (Å²) in [5.74, 6) is -5.60. The van der Waals surface area contributed by atoms with Crippen molar-refractivity contribution >= 4 is 35.4 Å². The highest BCUT2D eigenvalue weighted by Crippen LogP contribution is 2.31. The van der Waals surface area contributed by atoms with Crippen molar-refractivity contribution in [3.63, 3.8) is 0 Å². The minimum Gasteiger partial charge on any atom is -0.507 e. The molecule has 12 nitrogen and oxygen atoms in total. The number of nitrogens with zero attached hydrogens (tertiary/aromatic N) is 2. The van der Waals surface area contributed by atoms with Crippen LogP contribution < -0.4 is 10.9 Å². The summed E-state index contributed by atoms with van der Waals surface area (Å²) in [5.41, 5.74) is 4.95. The molecule has 4 aromatic rings. The van der Waals surface area contributed by atoms with E-state index in [1.807, 2.05) is 0 Å². The Labute approximate surface area is 242 Å². The van der Waals surface area contributed by atoms with Crippen LogP contribution in [0.25, 0.3) is 0 Å². The summed E-state index contributed by atoms with van der Waals surface area (Å²) in [6.07, 6.45) is -0.0487. The highest BCUT2D eigenvalue weighted by Gasteiger charge is 2.41. The largest absolute Gasteiger partial charge is 0.507 e. The molecule has 0 saturated carbocycles. The van der Waals surface area contributed by atoms with Gasteiger partial charge in [0.1, 0.15) is 11.5 Å². The molecule has 2 heterocycles. The number of hydrogen-bond acceptors (Lipinski definition) is 8. The molecule has 212 valence electrons. The fraction of sp³-hybridized carbons (Fsp3) is 0.0323. The van der Waals surface area contributed by atoms with Crippen molar-refractivity contribution in [2.24, 2.45) is 0 Å². The van der Waals surface area contributed by atoms with Gasteiger partial charge in [0.2, 0.25) is 0 Å². The molecule has 0 saturated heterocycles. The van der Waals surface area contributed by atoms with E-state index in [2.05, 4.69) is 10.9 Å². The topological polar surface area (TPSA) is 173 Å². The third-order valence-electron chi connectivity index (χ3n) is 7.11. The van der Waals surface area contributed by atoms with Crippen molar-refractivity contribution in [3.8, 4) is 11.5 Å². The summed E-state index contributed by atoms with van der Waals surface area (Å²) >= 11 is 0. The van der Waals surface area contributed by atoms with Crippen LogP contribution in [0.4, 0.5) is 0 Å². The van der Waals surface area contributed by atoms with Crippen molar-refractivity contribution in [1.29, 1.82) is 0 Å². The second-order valence-corrected chi connectivity index (χ2v) is 9.66. The molecule has 6 rings (SSSR count). The fourth-order valence-electron chi connectivity index (χ4n) is 5.07. The van der Waals surface area contributed by atoms with Gasteiger partial charge in [0.15, 0.2) is 0 Å². The first-order chi connectivity index (χ1) is 20.7. The van der Waals surface area contributed by atoms with Gasteiger partial charge in [0.05, 0.1) is 33.4 Å². The summed E-state index contributed by atoms with van der Waals surface area (Å²) in [5, 5.41) is 21.1. The van der Waals surface area contributed by atoms with E-state index >= 15 is 0 Å². The van der Waals surface area contributed by atoms with E-state index in [1.165, 1.54) is 60.7 Å². The van der Waals surface area contributed by atoms with E-state index in [-0.39, 0.29) is 51.3 Å². The SMILES string of the molecule is O=C(NN1C(=O)c2cccc(Cc3cccc4c3C(=O)N(NC(=O)c3ccccc3O)C4=O)c2C1=O)c1ccccc1O. The highest BCUT2D eigenvalue weighted by atomic mass is 16.3. The third kappa shape index (κ3) is 4.43. The van der Waals surface area contributed by atoms with Crippen molar-refractivity contribution in [3.05, 3.63) is 129 Å². The zero-order chi connectivity index (χ0) is 30.4. The lowest BCUT2D eigenvalue weighted by Gasteiger charge is -2.16. The number of carbonyl (C=O) groups is 6. The van der Waals surface area contributed by atoms with Gasteiger partial charge in [-0.15, -0.1) is 0 Å². The first-order valence-corrected chi connectivity index (χ1v) is 12.9. The number of nitrogens with one attached hydrogen (secondary N) is 2. The predicted octanol–water partition coefficient (Wildman–Crippen LogP) is 2.57. The van der Waals surface area contributed by atoms with Crippen LogP contribution in [0.5, 0.6) is 11.5 Å². The second-order valence-electron chi connectivity index (χ2n) is 9.66. The standard InChI is InChI=1S/C31H20N4O8/c36-22-13-3-1-9-18(22)26(38)32-34-28(40)20-11-5-7-16(24(20)30(34)42)15-17-8-6-12-21-25(17)31(43)35(29(21)41)33-27(39)19-10-2-4-14-23(19)37/h1-14,36-37H,15H2,(H,32,38)(H,33,39). The Hall–Kier alpha value is -6.30. The van der Waals surface area contributed by atoms with Crippen molar-refractivity contribution in [2.45, 2.75) is 6.42 Å².